The van der Waals surface area contributed by atoms with Crippen LogP contribution in [0.4, 0.5) is 0 Å². The van der Waals surface area contributed by atoms with Crippen LogP contribution in [0, 0.1) is 0 Å². The van der Waals surface area contributed by atoms with E-state index in [9.17, 15) is 5.11 Å². The van der Waals surface area contributed by atoms with Crippen molar-refractivity contribution in [2.75, 3.05) is 0 Å². The zero-order chi connectivity index (χ0) is 19.3. The van der Waals surface area contributed by atoms with Gasteiger partial charge in [0.1, 0.15) is 5.58 Å². The van der Waals surface area contributed by atoms with Gasteiger partial charge in [-0.2, -0.15) is 0 Å². The number of halogens is 1. The lowest BCUT2D eigenvalue weighted by molar-refractivity contribution is 0.162. The maximum absolute atomic E-state index is 10.5. The van der Waals surface area contributed by atoms with Crippen molar-refractivity contribution in [1.29, 1.82) is 0 Å². The van der Waals surface area contributed by atoms with E-state index in [-0.39, 0.29) is 12.4 Å². The highest BCUT2D eigenvalue weighted by molar-refractivity contribution is 5.85. The molecular formula is C24H27ClN2O2. The normalized spacial score (nSPS) is 13.3. The van der Waals surface area contributed by atoms with Crippen LogP contribution in [0.5, 0.6) is 0 Å². The van der Waals surface area contributed by atoms with Crippen molar-refractivity contribution < 1.29 is 9.52 Å². The number of para-hydroxylation sites is 1. The van der Waals surface area contributed by atoms with E-state index < -0.39 is 6.10 Å². The van der Waals surface area contributed by atoms with Crippen molar-refractivity contribution in [2.45, 2.75) is 44.9 Å². The standard InChI is InChI=1S/C24H26N2O2.ClH/c1-17(26-14-18-9-10-20-15-25-12-11-19(20)13-18)5-4-7-23(27)22-16-28-24-8-3-2-6-21(22)24;/h2-3,6,8-13,15-17,23,26-27H,4-5,7,14H2,1H3;1H/t17-,23?;/m1./s1. The van der Waals surface area contributed by atoms with Crippen LogP contribution in [0.1, 0.15) is 43.4 Å². The molecule has 4 nitrogen and oxygen atoms in total. The molecule has 0 aliphatic carbocycles. The first-order valence-corrected chi connectivity index (χ1v) is 9.91. The summed E-state index contributed by atoms with van der Waals surface area (Å²) in [5.41, 5.74) is 3.00. The molecule has 0 saturated heterocycles. The Bertz CT molecular complexity index is 1060. The Balaban J connectivity index is 0.00000240. The Morgan fingerprint density at radius 1 is 1.07 bits per heavy atom. The Kier molecular flexibility index (Phi) is 7.26. The first-order valence-electron chi connectivity index (χ1n) is 9.91. The molecule has 0 radical (unpaired) electrons. The molecule has 0 fully saturated rings. The molecule has 0 saturated carbocycles. The molecule has 2 aromatic carbocycles. The summed E-state index contributed by atoms with van der Waals surface area (Å²) in [5, 5.41) is 17.5. The highest BCUT2D eigenvalue weighted by atomic mass is 35.5. The minimum Gasteiger partial charge on any atom is -0.464 e. The molecular weight excluding hydrogens is 384 g/mol. The van der Waals surface area contributed by atoms with Crippen LogP contribution >= 0.6 is 12.4 Å². The third-order valence-electron chi connectivity index (χ3n) is 5.34. The summed E-state index contributed by atoms with van der Waals surface area (Å²) in [6.07, 6.45) is 7.64. The Labute approximate surface area is 177 Å². The topological polar surface area (TPSA) is 58.3 Å². The number of nitrogens with zero attached hydrogens (tertiary/aromatic N) is 1. The fraction of sp³-hybridized carbons (Fsp3) is 0.292. The van der Waals surface area contributed by atoms with Crippen molar-refractivity contribution in [2.24, 2.45) is 0 Å². The van der Waals surface area contributed by atoms with Crippen LogP contribution < -0.4 is 5.32 Å². The summed E-state index contributed by atoms with van der Waals surface area (Å²) in [5.74, 6) is 0. The number of nitrogens with one attached hydrogen (secondary N) is 1. The zero-order valence-corrected chi connectivity index (χ0v) is 17.4. The number of pyridine rings is 1. The molecule has 1 unspecified atom stereocenters. The second-order valence-corrected chi connectivity index (χ2v) is 7.47. The zero-order valence-electron chi connectivity index (χ0n) is 16.5. The van der Waals surface area contributed by atoms with E-state index in [1.165, 1.54) is 16.3 Å². The van der Waals surface area contributed by atoms with Crippen LogP contribution in [0.15, 0.2) is 71.6 Å². The molecule has 0 spiro atoms. The summed E-state index contributed by atoms with van der Waals surface area (Å²) in [6.45, 7) is 3.04. The van der Waals surface area contributed by atoms with Gasteiger partial charge in [-0.1, -0.05) is 30.3 Å². The highest BCUT2D eigenvalue weighted by Crippen LogP contribution is 2.29. The maximum Gasteiger partial charge on any atom is 0.134 e. The predicted octanol–water partition coefficient (Wildman–Crippen LogP) is 5.78. The van der Waals surface area contributed by atoms with E-state index in [1.54, 1.807) is 6.26 Å². The first kappa shape index (κ1) is 21.3. The lowest BCUT2D eigenvalue weighted by atomic mass is 10.0. The number of hydrogen-bond donors (Lipinski definition) is 2. The molecule has 0 bridgehead atoms. The lowest BCUT2D eigenvalue weighted by Gasteiger charge is -2.15. The summed E-state index contributed by atoms with van der Waals surface area (Å²) in [6, 6.07) is 16.8. The number of furan rings is 1. The average Bonchev–Trinajstić information content (AvgIpc) is 3.16. The minimum absolute atomic E-state index is 0. The first-order chi connectivity index (χ1) is 13.7. The summed E-state index contributed by atoms with van der Waals surface area (Å²) >= 11 is 0. The van der Waals surface area contributed by atoms with Crippen LogP contribution in [0.2, 0.25) is 0 Å². The number of aromatic nitrogens is 1. The summed E-state index contributed by atoms with van der Waals surface area (Å²) in [7, 11) is 0. The second kappa shape index (κ2) is 9.88. The number of aliphatic hydroxyl groups excluding tert-OH is 1. The monoisotopic (exact) mass is 410 g/mol. The van der Waals surface area contributed by atoms with Crippen LogP contribution in [0.25, 0.3) is 21.7 Å². The van der Waals surface area contributed by atoms with E-state index in [0.29, 0.717) is 6.04 Å². The third-order valence-corrected chi connectivity index (χ3v) is 5.34. The Morgan fingerprint density at radius 3 is 2.83 bits per heavy atom. The van der Waals surface area contributed by atoms with Gasteiger partial charge in [-0.05, 0) is 55.3 Å². The SMILES string of the molecule is C[C@H](CCCC(O)c1coc2ccccc12)NCc1ccc2cnccc2c1.Cl. The van der Waals surface area contributed by atoms with E-state index in [1.807, 2.05) is 42.7 Å². The molecule has 2 aromatic heterocycles. The number of aliphatic hydroxyl groups is 1. The van der Waals surface area contributed by atoms with Gasteiger partial charge in [-0.25, -0.2) is 0 Å². The quantitative estimate of drug-likeness (QED) is 0.386. The van der Waals surface area contributed by atoms with Gasteiger partial charge in [-0.3, -0.25) is 4.98 Å². The molecule has 2 atom stereocenters. The van der Waals surface area contributed by atoms with Crippen molar-refractivity contribution in [1.82, 2.24) is 10.3 Å². The third kappa shape index (κ3) is 5.15. The van der Waals surface area contributed by atoms with E-state index in [2.05, 4.69) is 35.4 Å². The summed E-state index contributed by atoms with van der Waals surface area (Å²) < 4.78 is 5.54. The Morgan fingerprint density at radius 2 is 1.93 bits per heavy atom. The molecule has 0 aliphatic rings. The molecule has 2 heterocycles. The largest absolute Gasteiger partial charge is 0.464 e. The van der Waals surface area contributed by atoms with Crippen LogP contribution in [-0.2, 0) is 6.54 Å². The fourth-order valence-corrected chi connectivity index (χ4v) is 3.67. The van der Waals surface area contributed by atoms with Crippen LogP contribution in [-0.4, -0.2) is 16.1 Å². The van der Waals surface area contributed by atoms with Gasteiger partial charge < -0.3 is 14.8 Å². The molecule has 0 aliphatic heterocycles. The van der Waals surface area contributed by atoms with Gasteiger partial charge in [0.25, 0.3) is 0 Å². The molecule has 4 rings (SSSR count). The predicted molar refractivity (Wildman–Crippen MR) is 120 cm³/mol. The maximum atomic E-state index is 10.5. The number of fused-ring (bicyclic) bond motifs is 2. The van der Waals surface area contributed by atoms with E-state index in [0.717, 1.165) is 42.3 Å². The smallest absolute Gasteiger partial charge is 0.134 e. The minimum atomic E-state index is -0.482. The molecule has 29 heavy (non-hydrogen) atoms. The molecule has 5 heteroatoms. The van der Waals surface area contributed by atoms with Crippen molar-refractivity contribution in [3.63, 3.8) is 0 Å². The molecule has 0 amide bonds. The van der Waals surface area contributed by atoms with E-state index in [4.69, 9.17) is 4.42 Å². The van der Waals surface area contributed by atoms with Gasteiger partial charge in [0.2, 0.25) is 0 Å². The van der Waals surface area contributed by atoms with Gasteiger partial charge in [0.05, 0.1) is 12.4 Å². The number of rotatable bonds is 8. The molecule has 152 valence electrons. The van der Waals surface area contributed by atoms with Crippen molar-refractivity contribution in [3.8, 4) is 0 Å². The average molecular weight is 411 g/mol. The van der Waals surface area contributed by atoms with Gasteiger partial charge in [-0.15, -0.1) is 12.4 Å². The number of hydrogen-bond acceptors (Lipinski definition) is 4. The molecule has 2 N–H and O–H groups in total. The fourth-order valence-electron chi connectivity index (χ4n) is 3.67. The second-order valence-electron chi connectivity index (χ2n) is 7.47. The van der Waals surface area contributed by atoms with E-state index >= 15 is 0 Å². The molecule has 4 aromatic rings. The highest BCUT2D eigenvalue weighted by Gasteiger charge is 2.14. The van der Waals surface area contributed by atoms with Crippen molar-refractivity contribution in [3.05, 3.63) is 78.3 Å². The van der Waals surface area contributed by atoms with Gasteiger partial charge >= 0.3 is 0 Å². The van der Waals surface area contributed by atoms with Crippen LogP contribution in [0.3, 0.4) is 0 Å². The van der Waals surface area contributed by atoms with Gasteiger partial charge in [0, 0.05) is 41.3 Å². The Hall–Kier alpha value is -2.40. The number of benzene rings is 2. The van der Waals surface area contributed by atoms with Gasteiger partial charge in [0.15, 0.2) is 0 Å². The summed E-state index contributed by atoms with van der Waals surface area (Å²) in [4.78, 5) is 4.16. The van der Waals surface area contributed by atoms with Crippen molar-refractivity contribution >= 4 is 34.1 Å². The lowest BCUT2D eigenvalue weighted by Crippen LogP contribution is -2.25.